The molecule has 5 heteroatoms. The van der Waals surface area contributed by atoms with Gasteiger partial charge in [0.15, 0.2) is 5.82 Å². The van der Waals surface area contributed by atoms with Crippen LogP contribution in [0.2, 0.25) is 0 Å². The molecule has 0 bridgehead atoms. The van der Waals surface area contributed by atoms with Crippen molar-refractivity contribution in [3.63, 3.8) is 0 Å². The molecular formula is C19H20N4S. The van der Waals surface area contributed by atoms with Crippen molar-refractivity contribution in [3.8, 4) is 11.4 Å². The maximum atomic E-state index is 4.80. The van der Waals surface area contributed by atoms with E-state index in [0.29, 0.717) is 0 Å². The summed E-state index contributed by atoms with van der Waals surface area (Å²) < 4.78 is 0. The first-order chi connectivity index (χ1) is 11.7. The maximum Gasteiger partial charge on any atom is 0.159 e. The average molecular weight is 336 g/mol. The average Bonchev–Trinajstić information content (AvgIpc) is 2.92. The third-order valence-corrected chi connectivity index (χ3v) is 5.47. The first-order valence-electron chi connectivity index (χ1n) is 8.24. The number of hydrogen-bond acceptors (Lipinski definition) is 5. The van der Waals surface area contributed by atoms with Crippen LogP contribution in [-0.4, -0.2) is 26.4 Å². The number of benzene rings is 1. The van der Waals surface area contributed by atoms with Crippen molar-refractivity contribution in [2.45, 2.75) is 33.4 Å². The number of hydrogen-bond donors (Lipinski definition) is 0. The summed E-state index contributed by atoms with van der Waals surface area (Å²) in [4.78, 5) is 17.7. The maximum absolute atomic E-state index is 4.80. The van der Waals surface area contributed by atoms with Gasteiger partial charge in [-0.2, -0.15) is 0 Å². The highest BCUT2D eigenvalue weighted by Gasteiger charge is 2.20. The van der Waals surface area contributed by atoms with E-state index in [0.717, 1.165) is 42.5 Å². The normalized spacial score (nSPS) is 14.6. The van der Waals surface area contributed by atoms with Crippen molar-refractivity contribution in [2.75, 3.05) is 6.54 Å². The van der Waals surface area contributed by atoms with Gasteiger partial charge in [0.2, 0.25) is 0 Å². The summed E-state index contributed by atoms with van der Waals surface area (Å²) >= 11 is 1.81. The lowest BCUT2D eigenvalue weighted by Crippen LogP contribution is -2.30. The topological polar surface area (TPSA) is 41.9 Å². The lowest BCUT2D eigenvalue weighted by molar-refractivity contribution is 0.244. The van der Waals surface area contributed by atoms with E-state index >= 15 is 0 Å². The Kier molecular flexibility index (Phi) is 4.12. The molecular weight excluding hydrogens is 316 g/mol. The fraction of sp³-hybridized carbons (Fsp3) is 0.316. The highest BCUT2D eigenvalue weighted by molar-refractivity contribution is 7.11. The van der Waals surface area contributed by atoms with E-state index in [4.69, 9.17) is 4.98 Å². The predicted octanol–water partition coefficient (Wildman–Crippen LogP) is 3.78. The summed E-state index contributed by atoms with van der Waals surface area (Å²) in [5.74, 6) is 0.830. The van der Waals surface area contributed by atoms with Gasteiger partial charge in [-0.15, -0.1) is 11.3 Å². The Morgan fingerprint density at radius 3 is 2.71 bits per heavy atom. The molecule has 122 valence electrons. The van der Waals surface area contributed by atoms with Gasteiger partial charge in [0.1, 0.15) is 0 Å². The van der Waals surface area contributed by atoms with Crippen LogP contribution < -0.4 is 0 Å². The molecule has 3 heterocycles. The molecule has 0 N–H and O–H groups in total. The Morgan fingerprint density at radius 1 is 1.12 bits per heavy atom. The quantitative estimate of drug-likeness (QED) is 0.730. The monoisotopic (exact) mass is 336 g/mol. The van der Waals surface area contributed by atoms with Crippen molar-refractivity contribution >= 4 is 11.3 Å². The Morgan fingerprint density at radius 2 is 1.96 bits per heavy atom. The standard InChI is InChI=1S/C19H20N4S/c1-13-18(24-14(2)21-13)12-23-9-8-17-16(11-23)10-20-19(22-17)15-6-4-3-5-7-15/h3-7,10H,8-9,11-12H2,1-2H3. The van der Waals surface area contributed by atoms with Gasteiger partial charge in [0, 0.05) is 48.3 Å². The van der Waals surface area contributed by atoms with Gasteiger partial charge in [-0.25, -0.2) is 15.0 Å². The second-order valence-electron chi connectivity index (χ2n) is 6.23. The molecule has 1 aromatic carbocycles. The molecule has 3 aromatic rings. The van der Waals surface area contributed by atoms with Crippen molar-refractivity contribution in [3.05, 3.63) is 63.4 Å². The zero-order valence-electron chi connectivity index (χ0n) is 14.0. The van der Waals surface area contributed by atoms with Crippen molar-refractivity contribution in [1.82, 2.24) is 19.9 Å². The van der Waals surface area contributed by atoms with E-state index in [1.807, 2.05) is 24.4 Å². The Hall–Kier alpha value is -2.11. The van der Waals surface area contributed by atoms with Gasteiger partial charge in [-0.3, -0.25) is 4.90 Å². The second kappa shape index (κ2) is 6.42. The highest BCUT2D eigenvalue weighted by Crippen LogP contribution is 2.24. The molecule has 0 saturated heterocycles. The molecule has 0 fully saturated rings. The molecule has 0 unspecified atom stereocenters. The number of rotatable bonds is 3. The van der Waals surface area contributed by atoms with E-state index in [2.05, 4.69) is 40.8 Å². The van der Waals surface area contributed by atoms with E-state index in [-0.39, 0.29) is 0 Å². The SMILES string of the molecule is Cc1nc(C)c(CN2CCc3nc(-c4ccccc4)ncc3C2)s1. The smallest absolute Gasteiger partial charge is 0.159 e. The summed E-state index contributed by atoms with van der Waals surface area (Å²) in [7, 11) is 0. The highest BCUT2D eigenvalue weighted by atomic mass is 32.1. The van der Waals surface area contributed by atoms with Crippen LogP contribution in [0.5, 0.6) is 0 Å². The zero-order chi connectivity index (χ0) is 16.5. The second-order valence-corrected chi connectivity index (χ2v) is 7.52. The van der Waals surface area contributed by atoms with Crippen molar-refractivity contribution in [2.24, 2.45) is 0 Å². The van der Waals surface area contributed by atoms with Gasteiger partial charge in [0.05, 0.1) is 16.4 Å². The number of aryl methyl sites for hydroxylation is 2. The minimum absolute atomic E-state index is 0.830. The van der Waals surface area contributed by atoms with Gasteiger partial charge >= 0.3 is 0 Å². The molecule has 0 saturated carbocycles. The first kappa shape index (κ1) is 15.4. The van der Waals surface area contributed by atoms with Gasteiger partial charge in [-0.1, -0.05) is 30.3 Å². The third-order valence-electron chi connectivity index (χ3n) is 4.41. The zero-order valence-corrected chi connectivity index (χ0v) is 14.8. The van der Waals surface area contributed by atoms with Gasteiger partial charge in [0.25, 0.3) is 0 Å². The summed E-state index contributed by atoms with van der Waals surface area (Å²) in [6, 6.07) is 10.2. The molecule has 4 nitrogen and oxygen atoms in total. The molecule has 0 spiro atoms. The largest absolute Gasteiger partial charge is 0.293 e. The fourth-order valence-electron chi connectivity index (χ4n) is 3.16. The number of thiazole rings is 1. The van der Waals surface area contributed by atoms with E-state index in [1.54, 1.807) is 11.3 Å². The van der Waals surface area contributed by atoms with E-state index in [9.17, 15) is 0 Å². The van der Waals surface area contributed by atoms with Crippen molar-refractivity contribution in [1.29, 1.82) is 0 Å². The summed E-state index contributed by atoms with van der Waals surface area (Å²) in [6.45, 7) is 7.10. The minimum Gasteiger partial charge on any atom is -0.293 e. The number of nitrogens with zero attached hydrogens (tertiary/aromatic N) is 4. The molecule has 0 amide bonds. The third kappa shape index (κ3) is 3.09. The van der Waals surface area contributed by atoms with Crippen LogP contribution >= 0.6 is 11.3 Å². The van der Waals surface area contributed by atoms with E-state index < -0.39 is 0 Å². The van der Waals surface area contributed by atoms with Crippen LogP contribution in [0.15, 0.2) is 36.5 Å². The molecule has 1 aliphatic rings. The van der Waals surface area contributed by atoms with Crippen LogP contribution in [0.25, 0.3) is 11.4 Å². The Labute approximate surface area is 146 Å². The van der Waals surface area contributed by atoms with Gasteiger partial charge < -0.3 is 0 Å². The lowest BCUT2D eigenvalue weighted by Gasteiger charge is -2.27. The summed E-state index contributed by atoms with van der Waals surface area (Å²) in [5, 5.41) is 1.15. The Bertz CT molecular complexity index is 857. The summed E-state index contributed by atoms with van der Waals surface area (Å²) in [6.07, 6.45) is 2.98. The molecule has 0 aliphatic carbocycles. The molecule has 2 aromatic heterocycles. The minimum atomic E-state index is 0.830. The van der Waals surface area contributed by atoms with Crippen LogP contribution in [0.4, 0.5) is 0 Å². The molecule has 24 heavy (non-hydrogen) atoms. The van der Waals surface area contributed by atoms with Crippen LogP contribution in [0, 0.1) is 13.8 Å². The summed E-state index contributed by atoms with van der Waals surface area (Å²) in [5.41, 5.74) is 4.69. The Balaban J connectivity index is 1.53. The number of aromatic nitrogens is 3. The molecule has 4 rings (SSSR count). The molecule has 1 aliphatic heterocycles. The van der Waals surface area contributed by atoms with Crippen LogP contribution in [0.3, 0.4) is 0 Å². The molecule has 0 radical (unpaired) electrons. The fourth-order valence-corrected chi connectivity index (χ4v) is 4.14. The predicted molar refractivity (Wildman–Crippen MR) is 96.9 cm³/mol. The van der Waals surface area contributed by atoms with E-state index in [1.165, 1.54) is 21.8 Å². The van der Waals surface area contributed by atoms with Crippen LogP contribution in [-0.2, 0) is 19.5 Å². The molecule has 0 atom stereocenters. The van der Waals surface area contributed by atoms with Crippen molar-refractivity contribution < 1.29 is 0 Å². The first-order valence-corrected chi connectivity index (χ1v) is 9.06. The van der Waals surface area contributed by atoms with Crippen LogP contribution in [0.1, 0.15) is 26.8 Å². The lowest BCUT2D eigenvalue weighted by atomic mass is 10.1. The number of fused-ring (bicyclic) bond motifs is 1. The van der Waals surface area contributed by atoms with Gasteiger partial charge in [-0.05, 0) is 13.8 Å².